The summed E-state index contributed by atoms with van der Waals surface area (Å²) in [5.74, 6) is 1.65. The van der Waals surface area contributed by atoms with Gasteiger partial charge >= 0.3 is 0 Å². The van der Waals surface area contributed by atoms with Crippen LogP contribution in [0.25, 0.3) is 0 Å². The first kappa shape index (κ1) is 15.1. The Bertz CT molecular complexity index is 445. The van der Waals surface area contributed by atoms with Crippen molar-refractivity contribution in [2.45, 2.75) is 65.2 Å². The van der Waals surface area contributed by atoms with E-state index in [1.54, 1.807) is 0 Å². The molecule has 0 bridgehead atoms. The number of nitrogens with zero attached hydrogens (tertiary/aromatic N) is 1. The molecule has 4 atom stereocenters. The number of fused-ring (bicyclic) bond motifs is 1. The molecule has 1 saturated carbocycles. The molecule has 1 heterocycles. The van der Waals surface area contributed by atoms with Crippen molar-refractivity contribution in [1.29, 1.82) is 0 Å². The topological polar surface area (TPSA) is 15.3 Å². The minimum Gasteiger partial charge on any atom is -0.312 e. The van der Waals surface area contributed by atoms with Crippen LogP contribution in [0.1, 0.15) is 51.2 Å². The van der Waals surface area contributed by atoms with Gasteiger partial charge in [-0.1, -0.05) is 45.0 Å². The van der Waals surface area contributed by atoms with Crippen molar-refractivity contribution in [3.05, 3.63) is 35.4 Å². The van der Waals surface area contributed by atoms with Gasteiger partial charge in [0.2, 0.25) is 0 Å². The molecular weight excluding hydrogens is 256 g/mol. The van der Waals surface area contributed by atoms with Crippen molar-refractivity contribution in [3.8, 4) is 0 Å². The summed E-state index contributed by atoms with van der Waals surface area (Å²) >= 11 is 0. The van der Waals surface area contributed by atoms with Crippen LogP contribution in [0.2, 0.25) is 0 Å². The third-order valence-electron chi connectivity index (χ3n) is 5.37. The molecule has 0 radical (unpaired) electrons. The molecular formula is C19H30N2. The summed E-state index contributed by atoms with van der Waals surface area (Å²) in [5, 5.41) is 3.84. The van der Waals surface area contributed by atoms with E-state index in [1.165, 1.54) is 30.4 Å². The van der Waals surface area contributed by atoms with Crippen molar-refractivity contribution >= 4 is 0 Å². The van der Waals surface area contributed by atoms with Crippen molar-refractivity contribution in [1.82, 2.24) is 10.2 Å². The third-order valence-corrected chi connectivity index (χ3v) is 5.37. The van der Waals surface area contributed by atoms with Gasteiger partial charge in [-0.3, -0.25) is 4.90 Å². The van der Waals surface area contributed by atoms with Crippen LogP contribution in [0.5, 0.6) is 0 Å². The highest BCUT2D eigenvalue weighted by molar-refractivity contribution is 5.30. The second-order valence-corrected chi connectivity index (χ2v) is 7.28. The Labute approximate surface area is 129 Å². The van der Waals surface area contributed by atoms with Crippen LogP contribution in [0.3, 0.4) is 0 Å². The van der Waals surface area contributed by atoms with E-state index in [-0.39, 0.29) is 0 Å². The van der Waals surface area contributed by atoms with Crippen molar-refractivity contribution in [2.75, 3.05) is 6.54 Å². The second kappa shape index (κ2) is 6.50. The van der Waals surface area contributed by atoms with Crippen LogP contribution in [0, 0.1) is 11.8 Å². The molecule has 1 N–H and O–H groups in total. The van der Waals surface area contributed by atoms with Gasteiger partial charge in [0.05, 0.1) is 0 Å². The molecule has 2 heteroatoms. The summed E-state index contributed by atoms with van der Waals surface area (Å²) in [4.78, 5) is 2.73. The van der Waals surface area contributed by atoms with Crippen LogP contribution in [-0.2, 0) is 13.1 Å². The lowest BCUT2D eigenvalue weighted by atomic mass is 9.76. The van der Waals surface area contributed by atoms with Gasteiger partial charge in [0, 0.05) is 25.2 Å². The molecule has 4 unspecified atom stereocenters. The largest absolute Gasteiger partial charge is 0.312 e. The van der Waals surface area contributed by atoms with Gasteiger partial charge in [-0.25, -0.2) is 0 Å². The van der Waals surface area contributed by atoms with Crippen LogP contribution in [0.4, 0.5) is 0 Å². The van der Waals surface area contributed by atoms with Crippen LogP contribution < -0.4 is 5.32 Å². The van der Waals surface area contributed by atoms with E-state index >= 15 is 0 Å². The molecule has 1 aromatic carbocycles. The van der Waals surface area contributed by atoms with E-state index in [0.717, 1.165) is 31.5 Å². The second-order valence-electron chi connectivity index (χ2n) is 7.28. The Morgan fingerprint density at radius 1 is 1.10 bits per heavy atom. The molecule has 0 spiro atoms. The monoisotopic (exact) mass is 286 g/mol. The maximum atomic E-state index is 3.84. The quantitative estimate of drug-likeness (QED) is 0.905. The summed E-state index contributed by atoms with van der Waals surface area (Å²) < 4.78 is 0. The molecule has 116 valence electrons. The van der Waals surface area contributed by atoms with E-state index in [4.69, 9.17) is 0 Å². The predicted molar refractivity (Wildman–Crippen MR) is 89.1 cm³/mol. The zero-order valence-corrected chi connectivity index (χ0v) is 13.8. The number of nitrogens with one attached hydrogen (secondary N) is 1. The molecule has 1 aliphatic heterocycles. The zero-order chi connectivity index (χ0) is 14.8. The summed E-state index contributed by atoms with van der Waals surface area (Å²) in [5.41, 5.74) is 3.08. The number of hydrogen-bond acceptors (Lipinski definition) is 2. The smallest absolute Gasteiger partial charge is 0.0282 e. The molecule has 3 rings (SSSR count). The maximum Gasteiger partial charge on any atom is 0.0282 e. The molecule has 0 saturated heterocycles. The van der Waals surface area contributed by atoms with Gasteiger partial charge in [0.25, 0.3) is 0 Å². The van der Waals surface area contributed by atoms with E-state index in [0.29, 0.717) is 12.1 Å². The summed E-state index contributed by atoms with van der Waals surface area (Å²) in [6, 6.07) is 10.3. The highest BCUT2D eigenvalue weighted by Crippen LogP contribution is 2.36. The Hall–Kier alpha value is -0.860. The van der Waals surface area contributed by atoms with E-state index in [9.17, 15) is 0 Å². The lowest BCUT2D eigenvalue weighted by Gasteiger charge is -2.45. The summed E-state index contributed by atoms with van der Waals surface area (Å²) in [6.07, 6.45) is 3.94. The summed E-state index contributed by atoms with van der Waals surface area (Å²) in [6.45, 7) is 10.6. The highest BCUT2D eigenvalue weighted by atomic mass is 15.2. The maximum absolute atomic E-state index is 3.84. The van der Waals surface area contributed by atoms with Gasteiger partial charge < -0.3 is 5.32 Å². The minimum absolute atomic E-state index is 0.665. The number of rotatable bonds is 4. The zero-order valence-electron chi connectivity index (χ0n) is 13.8. The first-order valence-electron chi connectivity index (χ1n) is 8.73. The van der Waals surface area contributed by atoms with Crippen molar-refractivity contribution in [2.24, 2.45) is 11.8 Å². The van der Waals surface area contributed by atoms with Crippen LogP contribution in [-0.4, -0.2) is 23.5 Å². The average molecular weight is 286 g/mol. The first-order chi connectivity index (χ1) is 10.2. The Morgan fingerprint density at radius 3 is 2.38 bits per heavy atom. The van der Waals surface area contributed by atoms with Gasteiger partial charge in [0.1, 0.15) is 0 Å². The lowest BCUT2D eigenvalue weighted by molar-refractivity contribution is 0.0589. The fourth-order valence-corrected chi connectivity index (χ4v) is 4.56. The van der Waals surface area contributed by atoms with Crippen molar-refractivity contribution in [3.63, 3.8) is 0 Å². The third kappa shape index (κ3) is 3.17. The van der Waals surface area contributed by atoms with Crippen LogP contribution >= 0.6 is 0 Å². The molecule has 0 aromatic heterocycles. The standard InChI is InChI=1S/C19H30N2/c1-4-9-20-18-11-14(2)10-15(3)19(18)21-12-16-7-5-6-8-17(16)13-21/h5-8,14-15,18-20H,4,9-13H2,1-3H3. The molecule has 2 nitrogen and oxygen atoms in total. The molecule has 21 heavy (non-hydrogen) atoms. The van der Waals surface area contributed by atoms with Gasteiger partial charge in [0.15, 0.2) is 0 Å². The van der Waals surface area contributed by atoms with E-state index in [2.05, 4.69) is 55.3 Å². The Kier molecular flexibility index (Phi) is 4.66. The normalized spacial score (nSPS) is 33.1. The van der Waals surface area contributed by atoms with E-state index < -0.39 is 0 Å². The molecule has 0 amide bonds. The van der Waals surface area contributed by atoms with Gasteiger partial charge in [-0.15, -0.1) is 0 Å². The molecule has 1 fully saturated rings. The fourth-order valence-electron chi connectivity index (χ4n) is 4.56. The lowest BCUT2D eigenvalue weighted by Crippen LogP contribution is -2.55. The SMILES string of the molecule is CCCNC1CC(C)CC(C)C1N1Cc2ccccc2C1. The average Bonchev–Trinajstić information content (AvgIpc) is 2.87. The van der Waals surface area contributed by atoms with Gasteiger partial charge in [-0.05, 0) is 48.8 Å². The molecule has 1 aliphatic carbocycles. The fraction of sp³-hybridized carbons (Fsp3) is 0.684. The summed E-state index contributed by atoms with van der Waals surface area (Å²) in [7, 11) is 0. The molecule has 2 aliphatic rings. The Balaban J connectivity index is 1.75. The van der Waals surface area contributed by atoms with Gasteiger partial charge in [-0.2, -0.15) is 0 Å². The predicted octanol–water partition coefficient (Wildman–Crippen LogP) is 3.81. The van der Waals surface area contributed by atoms with E-state index in [1.807, 2.05) is 0 Å². The number of benzene rings is 1. The van der Waals surface area contributed by atoms with Crippen molar-refractivity contribution < 1.29 is 0 Å². The highest BCUT2D eigenvalue weighted by Gasteiger charge is 2.39. The molecule has 1 aromatic rings. The Morgan fingerprint density at radius 2 is 1.76 bits per heavy atom. The number of hydrogen-bond donors (Lipinski definition) is 1. The van der Waals surface area contributed by atoms with Crippen LogP contribution in [0.15, 0.2) is 24.3 Å². The first-order valence-corrected chi connectivity index (χ1v) is 8.73. The minimum atomic E-state index is 0.665.